The molecule has 2 amide bonds. The van der Waals surface area contributed by atoms with Gasteiger partial charge in [0.2, 0.25) is 11.8 Å². The van der Waals surface area contributed by atoms with Crippen LogP contribution in [0, 0.1) is 5.92 Å². The molecule has 26 heavy (non-hydrogen) atoms. The smallest absolute Gasteiger partial charge is 0.228 e. The molecule has 6 heteroatoms. The zero-order valence-corrected chi connectivity index (χ0v) is 15.8. The van der Waals surface area contributed by atoms with E-state index >= 15 is 0 Å². The first kappa shape index (κ1) is 18.9. The van der Waals surface area contributed by atoms with Gasteiger partial charge in [-0.2, -0.15) is 0 Å². The van der Waals surface area contributed by atoms with Crippen LogP contribution in [0.1, 0.15) is 37.8 Å². The maximum atomic E-state index is 12.9. The molecule has 2 atom stereocenters. The Hall–Kier alpha value is -1.92. The van der Waals surface area contributed by atoms with Crippen LogP contribution in [-0.4, -0.2) is 61.3 Å². The topological polar surface area (TPSA) is 59.1 Å². The number of carbonyl (C=O) groups excluding carboxylic acids is 2. The Labute approximate surface area is 155 Å². The molecule has 2 aliphatic rings. The van der Waals surface area contributed by atoms with Crippen molar-refractivity contribution in [3.05, 3.63) is 35.9 Å². The van der Waals surface area contributed by atoms with Gasteiger partial charge in [-0.1, -0.05) is 30.3 Å². The van der Waals surface area contributed by atoms with Crippen LogP contribution in [0.25, 0.3) is 0 Å². The zero-order valence-electron chi connectivity index (χ0n) is 15.8. The van der Waals surface area contributed by atoms with Gasteiger partial charge in [-0.15, -0.1) is 0 Å². The van der Waals surface area contributed by atoms with E-state index in [1.54, 1.807) is 14.2 Å². The first-order chi connectivity index (χ1) is 12.5. The minimum Gasteiger partial charge on any atom is -0.353 e. The highest BCUT2D eigenvalue weighted by molar-refractivity contribution is 5.89. The van der Waals surface area contributed by atoms with Gasteiger partial charge >= 0.3 is 0 Å². The monoisotopic (exact) mass is 360 g/mol. The van der Waals surface area contributed by atoms with E-state index in [0.717, 1.165) is 5.56 Å². The number of benzene rings is 1. The number of hydrogen-bond donors (Lipinski definition) is 0. The summed E-state index contributed by atoms with van der Waals surface area (Å²) < 4.78 is 10.9. The summed E-state index contributed by atoms with van der Waals surface area (Å²) in [7, 11) is 3.28. The van der Waals surface area contributed by atoms with Crippen LogP contribution in [0.3, 0.4) is 0 Å². The summed E-state index contributed by atoms with van der Waals surface area (Å²) in [4.78, 5) is 29.1. The molecule has 3 rings (SSSR count). The van der Waals surface area contributed by atoms with Gasteiger partial charge < -0.3 is 19.3 Å². The Morgan fingerprint density at radius 1 is 1.15 bits per heavy atom. The van der Waals surface area contributed by atoms with Crippen LogP contribution in [0.5, 0.6) is 0 Å². The first-order valence-electron chi connectivity index (χ1n) is 9.23. The van der Waals surface area contributed by atoms with Crippen LogP contribution in [0.15, 0.2) is 30.3 Å². The van der Waals surface area contributed by atoms with E-state index in [4.69, 9.17) is 9.47 Å². The van der Waals surface area contributed by atoms with Crippen LogP contribution >= 0.6 is 0 Å². The molecule has 0 aromatic heterocycles. The molecule has 0 bridgehead atoms. The number of piperidine rings is 1. The third-order valence-corrected chi connectivity index (χ3v) is 5.84. The SMILES string of the molecule is COC1(OC)CCN(C(=O)C2CC(=O)N(C(C)c3ccccc3)C2)CC1. The standard InChI is InChI=1S/C20H28N2O4/c1-15(16-7-5-4-6-8-16)22-14-17(13-18(22)23)19(24)21-11-9-20(25-2,26-3)10-12-21/h4-8,15,17H,9-14H2,1-3H3. The Morgan fingerprint density at radius 2 is 1.77 bits per heavy atom. The van der Waals surface area contributed by atoms with Gasteiger partial charge in [0.25, 0.3) is 0 Å². The quantitative estimate of drug-likeness (QED) is 0.756. The highest BCUT2D eigenvalue weighted by Crippen LogP contribution is 2.32. The summed E-state index contributed by atoms with van der Waals surface area (Å²) >= 11 is 0. The molecule has 0 saturated carbocycles. The molecule has 2 aliphatic heterocycles. The zero-order chi connectivity index (χ0) is 18.7. The van der Waals surface area contributed by atoms with E-state index in [1.807, 2.05) is 47.1 Å². The highest BCUT2D eigenvalue weighted by Gasteiger charge is 2.42. The van der Waals surface area contributed by atoms with Crippen LogP contribution in [0.2, 0.25) is 0 Å². The number of hydrogen-bond acceptors (Lipinski definition) is 4. The number of methoxy groups -OCH3 is 2. The summed E-state index contributed by atoms with van der Waals surface area (Å²) in [6.45, 7) is 3.70. The molecule has 6 nitrogen and oxygen atoms in total. The molecule has 0 spiro atoms. The van der Waals surface area contributed by atoms with Gasteiger partial charge in [0, 0.05) is 53.1 Å². The van der Waals surface area contributed by atoms with Crippen LogP contribution in [-0.2, 0) is 19.1 Å². The Balaban J connectivity index is 1.61. The number of ether oxygens (including phenoxy) is 2. The van der Waals surface area contributed by atoms with Gasteiger partial charge in [-0.3, -0.25) is 9.59 Å². The second-order valence-corrected chi connectivity index (χ2v) is 7.18. The predicted molar refractivity (Wildman–Crippen MR) is 97.2 cm³/mol. The molecule has 2 heterocycles. The van der Waals surface area contributed by atoms with Crippen molar-refractivity contribution in [1.29, 1.82) is 0 Å². The third-order valence-electron chi connectivity index (χ3n) is 5.84. The molecule has 0 N–H and O–H groups in total. The molecule has 1 aromatic rings. The maximum Gasteiger partial charge on any atom is 0.228 e. The molecular weight excluding hydrogens is 332 g/mol. The molecular formula is C20H28N2O4. The Bertz CT molecular complexity index is 634. The minimum absolute atomic E-state index is 0.0162. The number of amides is 2. The molecule has 2 fully saturated rings. The van der Waals surface area contributed by atoms with Crippen LogP contribution < -0.4 is 0 Å². The van der Waals surface area contributed by atoms with Crippen molar-refractivity contribution >= 4 is 11.8 Å². The average molecular weight is 360 g/mol. The number of rotatable bonds is 5. The van der Waals surface area contributed by atoms with Crippen molar-refractivity contribution in [2.24, 2.45) is 5.92 Å². The fourth-order valence-corrected chi connectivity index (χ4v) is 4.00. The first-order valence-corrected chi connectivity index (χ1v) is 9.23. The maximum absolute atomic E-state index is 12.9. The largest absolute Gasteiger partial charge is 0.353 e. The van der Waals surface area contributed by atoms with Gasteiger partial charge in [0.1, 0.15) is 0 Å². The van der Waals surface area contributed by atoms with Crippen molar-refractivity contribution in [2.45, 2.75) is 38.0 Å². The summed E-state index contributed by atoms with van der Waals surface area (Å²) in [6.07, 6.45) is 1.60. The fourth-order valence-electron chi connectivity index (χ4n) is 4.00. The number of nitrogens with zero attached hydrogens (tertiary/aromatic N) is 2. The van der Waals surface area contributed by atoms with Gasteiger partial charge in [0.05, 0.1) is 12.0 Å². The van der Waals surface area contributed by atoms with Crippen molar-refractivity contribution in [3.8, 4) is 0 Å². The van der Waals surface area contributed by atoms with E-state index in [2.05, 4.69) is 0 Å². The Morgan fingerprint density at radius 3 is 2.35 bits per heavy atom. The second kappa shape index (κ2) is 7.76. The van der Waals surface area contributed by atoms with E-state index in [9.17, 15) is 9.59 Å². The number of carbonyl (C=O) groups is 2. The molecule has 2 unspecified atom stereocenters. The number of likely N-dealkylation sites (tertiary alicyclic amines) is 2. The molecule has 1 aromatic carbocycles. The van der Waals surface area contributed by atoms with Gasteiger partial charge in [-0.25, -0.2) is 0 Å². The third kappa shape index (κ3) is 3.62. The minimum atomic E-state index is -0.587. The van der Waals surface area contributed by atoms with Crippen LogP contribution in [0.4, 0.5) is 0 Å². The average Bonchev–Trinajstić information content (AvgIpc) is 3.09. The fraction of sp³-hybridized carbons (Fsp3) is 0.600. The lowest BCUT2D eigenvalue weighted by atomic mass is 10.00. The van der Waals surface area contributed by atoms with E-state index in [0.29, 0.717) is 38.9 Å². The summed E-state index contributed by atoms with van der Waals surface area (Å²) in [5.41, 5.74) is 1.09. The summed E-state index contributed by atoms with van der Waals surface area (Å²) in [5.74, 6) is -0.719. The lowest BCUT2D eigenvalue weighted by Crippen LogP contribution is -2.50. The van der Waals surface area contributed by atoms with Crippen molar-refractivity contribution in [3.63, 3.8) is 0 Å². The second-order valence-electron chi connectivity index (χ2n) is 7.18. The molecule has 142 valence electrons. The lowest BCUT2D eigenvalue weighted by Gasteiger charge is -2.40. The predicted octanol–water partition coefficient (Wildman–Crippen LogP) is 2.21. The van der Waals surface area contributed by atoms with Gasteiger partial charge in [-0.05, 0) is 12.5 Å². The summed E-state index contributed by atoms with van der Waals surface area (Å²) in [5, 5.41) is 0. The highest BCUT2D eigenvalue weighted by atomic mass is 16.7. The summed E-state index contributed by atoms with van der Waals surface area (Å²) in [6, 6.07) is 9.93. The molecule has 0 radical (unpaired) electrons. The van der Waals surface area contributed by atoms with Crippen molar-refractivity contribution in [2.75, 3.05) is 33.9 Å². The van der Waals surface area contributed by atoms with Gasteiger partial charge in [0.15, 0.2) is 5.79 Å². The van der Waals surface area contributed by atoms with Crippen molar-refractivity contribution in [1.82, 2.24) is 9.80 Å². The van der Waals surface area contributed by atoms with E-state index in [1.165, 1.54) is 0 Å². The van der Waals surface area contributed by atoms with E-state index < -0.39 is 5.79 Å². The van der Waals surface area contributed by atoms with Crippen molar-refractivity contribution < 1.29 is 19.1 Å². The van der Waals surface area contributed by atoms with E-state index in [-0.39, 0.29) is 23.8 Å². The lowest BCUT2D eigenvalue weighted by molar-refractivity contribution is -0.229. The molecule has 0 aliphatic carbocycles. The molecule has 2 saturated heterocycles. The Kier molecular flexibility index (Phi) is 5.63. The normalized spacial score (nSPS) is 24.0.